The second-order valence-electron chi connectivity index (χ2n) is 5.85. The maximum atomic E-state index is 12.4. The Balaban J connectivity index is 4.71. The van der Waals surface area contributed by atoms with Gasteiger partial charge >= 0.3 is 6.36 Å². The van der Waals surface area contributed by atoms with Crippen molar-refractivity contribution in [1.82, 2.24) is 5.32 Å². The summed E-state index contributed by atoms with van der Waals surface area (Å²) >= 11 is 0. The normalized spacial score (nSPS) is 17.0. The van der Waals surface area contributed by atoms with E-state index in [1.807, 2.05) is 6.92 Å². The Labute approximate surface area is 142 Å². The third-order valence-electron chi connectivity index (χ3n) is 4.07. The number of ether oxygens (including phenoxy) is 2. The van der Waals surface area contributed by atoms with Crippen molar-refractivity contribution in [3.05, 3.63) is 12.7 Å². The van der Waals surface area contributed by atoms with Crippen LogP contribution in [-0.4, -0.2) is 37.6 Å². The van der Waals surface area contributed by atoms with Crippen LogP contribution in [0.1, 0.15) is 47.0 Å². The predicted octanol–water partition coefficient (Wildman–Crippen LogP) is 4.06. The average molecular weight is 353 g/mol. The van der Waals surface area contributed by atoms with Gasteiger partial charge in [-0.3, -0.25) is 9.53 Å². The number of nitrogens with one attached hydrogen (secondary N) is 1. The third-order valence-corrected chi connectivity index (χ3v) is 4.07. The maximum Gasteiger partial charge on any atom is 0.522 e. The Morgan fingerprint density at radius 1 is 1.29 bits per heavy atom. The molecule has 24 heavy (non-hydrogen) atoms. The van der Waals surface area contributed by atoms with E-state index in [0.717, 1.165) is 6.42 Å². The quantitative estimate of drug-likeness (QED) is 0.425. The van der Waals surface area contributed by atoms with E-state index in [1.54, 1.807) is 19.9 Å². The summed E-state index contributed by atoms with van der Waals surface area (Å²) in [5.74, 6) is -0.578. The fourth-order valence-electron chi connectivity index (χ4n) is 2.60. The summed E-state index contributed by atoms with van der Waals surface area (Å²) in [4.78, 5) is 11.2. The van der Waals surface area contributed by atoms with Crippen LogP contribution >= 0.6 is 0 Å². The van der Waals surface area contributed by atoms with Crippen molar-refractivity contribution in [2.75, 3.05) is 13.2 Å². The third kappa shape index (κ3) is 9.27. The molecule has 0 radical (unpaired) electrons. The molecule has 7 heteroatoms. The van der Waals surface area contributed by atoms with E-state index in [2.05, 4.69) is 16.6 Å². The van der Waals surface area contributed by atoms with Crippen LogP contribution in [0.2, 0.25) is 0 Å². The van der Waals surface area contributed by atoms with Crippen molar-refractivity contribution in [2.45, 2.75) is 65.5 Å². The molecule has 0 aliphatic rings. The molecule has 0 saturated carbocycles. The van der Waals surface area contributed by atoms with Crippen molar-refractivity contribution in [2.24, 2.45) is 11.8 Å². The van der Waals surface area contributed by atoms with Crippen molar-refractivity contribution >= 4 is 5.91 Å². The molecule has 0 aromatic heterocycles. The summed E-state index contributed by atoms with van der Waals surface area (Å²) < 4.78 is 47.2. The van der Waals surface area contributed by atoms with Gasteiger partial charge in [-0.15, -0.1) is 19.8 Å². The number of hydrogen-bond donors (Lipinski definition) is 1. The highest BCUT2D eigenvalue weighted by Gasteiger charge is 2.37. The van der Waals surface area contributed by atoms with Crippen LogP contribution in [0.25, 0.3) is 0 Å². The molecule has 0 aromatic rings. The minimum atomic E-state index is -4.65. The lowest BCUT2D eigenvalue weighted by Gasteiger charge is -2.33. The van der Waals surface area contributed by atoms with E-state index in [1.165, 1.54) is 6.92 Å². The van der Waals surface area contributed by atoms with Gasteiger partial charge in [0.25, 0.3) is 0 Å². The first-order valence-corrected chi connectivity index (χ1v) is 8.41. The fraction of sp³-hybridized carbons (Fsp3) is 0.824. The number of carbonyl (C=O) groups excluding carboxylic acids is 1. The van der Waals surface area contributed by atoms with E-state index in [-0.39, 0.29) is 24.3 Å². The Bertz CT molecular complexity index is 375. The molecule has 142 valence electrons. The first kappa shape index (κ1) is 22.9. The van der Waals surface area contributed by atoms with Crippen molar-refractivity contribution in [1.29, 1.82) is 0 Å². The molecule has 0 aromatic carbocycles. The molecule has 1 amide bonds. The molecule has 0 bridgehead atoms. The Morgan fingerprint density at radius 2 is 1.92 bits per heavy atom. The molecule has 4 atom stereocenters. The Morgan fingerprint density at radius 3 is 2.38 bits per heavy atom. The first-order valence-electron chi connectivity index (χ1n) is 8.41. The number of rotatable bonds is 12. The highest BCUT2D eigenvalue weighted by molar-refractivity contribution is 5.75. The summed E-state index contributed by atoms with van der Waals surface area (Å²) in [6.45, 7) is 11.2. The maximum absolute atomic E-state index is 12.4. The minimum Gasteiger partial charge on any atom is -0.372 e. The van der Waals surface area contributed by atoms with Crippen LogP contribution in [-0.2, 0) is 14.3 Å². The predicted molar refractivity (Wildman–Crippen MR) is 87.4 cm³/mol. The summed E-state index contributed by atoms with van der Waals surface area (Å²) in [5.41, 5.74) is 0. The molecular formula is C17H30F3NO3. The van der Waals surface area contributed by atoms with Crippen LogP contribution in [0.5, 0.6) is 0 Å². The average Bonchev–Trinajstić information content (AvgIpc) is 2.50. The molecule has 0 heterocycles. The molecule has 4 nitrogen and oxygen atoms in total. The van der Waals surface area contributed by atoms with Crippen molar-refractivity contribution in [3.63, 3.8) is 0 Å². The summed E-state index contributed by atoms with van der Waals surface area (Å²) in [6.07, 6.45) is -2.51. The van der Waals surface area contributed by atoms with E-state index in [4.69, 9.17) is 4.74 Å². The molecule has 0 fully saturated rings. The monoisotopic (exact) mass is 353 g/mol. The second kappa shape index (κ2) is 11.5. The van der Waals surface area contributed by atoms with Crippen LogP contribution < -0.4 is 5.32 Å². The smallest absolute Gasteiger partial charge is 0.372 e. The highest BCUT2D eigenvalue weighted by Crippen LogP contribution is 2.31. The van der Waals surface area contributed by atoms with Gasteiger partial charge in [-0.1, -0.05) is 33.3 Å². The fourth-order valence-corrected chi connectivity index (χ4v) is 2.60. The highest BCUT2D eigenvalue weighted by atomic mass is 19.4. The summed E-state index contributed by atoms with van der Waals surface area (Å²) in [7, 11) is 0. The SMILES string of the molecule is C=CC(OCCNC(=O)CC)[C@H](CCC)[C@@H](C)C(C)OC(F)(F)F. The van der Waals surface area contributed by atoms with Gasteiger partial charge in [0.15, 0.2) is 0 Å². The molecule has 2 unspecified atom stereocenters. The zero-order valence-electron chi connectivity index (χ0n) is 15.0. The van der Waals surface area contributed by atoms with Gasteiger partial charge in [0.1, 0.15) is 0 Å². The lowest BCUT2D eigenvalue weighted by molar-refractivity contribution is -0.347. The Kier molecular flexibility index (Phi) is 11.0. The van der Waals surface area contributed by atoms with E-state index < -0.39 is 18.6 Å². The van der Waals surface area contributed by atoms with E-state index >= 15 is 0 Å². The Hall–Kier alpha value is -1.08. The largest absolute Gasteiger partial charge is 0.522 e. The lowest BCUT2D eigenvalue weighted by Crippen LogP contribution is -2.37. The zero-order chi connectivity index (χ0) is 18.8. The number of alkyl halides is 3. The minimum absolute atomic E-state index is 0.0700. The van der Waals surface area contributed by atoms with Gasteiger partial charge in [-0.25, -0.2) is 0 Å². The van der Waals surface area contributed by atoms with Crippen molar-refractivity contribution < 1.29 is 27.4 Å². The summed E-state index contributed by atoms with van der Waals surface area (Å²) in [5, 5.41) is 2.69. The second-order valence-corrected chi connectivity index (χ2v) is 5.85. The van der Waals surface area contributed by atoms with Gasteiger partial charge in [0.05, 0.1) is 18.8 Å². The van der Waals surface area contributed by atoms with Gasteiger partial charge in [-0.2, -0.15) is 0 Å². The van der Waals surface area contributed by atoms with Crippen LogP contribution in [0.4, 0.5) is 13.2 Å². The number of hydrogen-bond acceptors (Lipinski definition) is 3. The van der Waals surface area contributed by atoms with E-state index in [9.17, 15) is 18.0 Å². The summed E-state index contributed by atoms with van der Waals surface area (Å²) in [6, 6.07) is 0. The van der Waals surface area contributed by atoms with Gasteiger partial charge in [0, 0.05) is 13.0 Å². The molecular weight excluding hydrogens is 323 g/mol. The first-order chi connectivity index (χ1) is 11.2. The molecule has 0 saturated heterocycles. The molecule has 0 spiro atoms. The van der Waals surface area contributed by atoms with Crippen molar-refractivity contribution in [3.8, 4) is 0 Å². The van der Waals surface area contributed by atoms with Crippen LogP contribution in [0.15, 0.2) is 12.7 Å². The molecule has 0 aliphatic carbocycles. The van der Waals surface area contributed by atoms with Gasteiger partial charge in [0.2, 0.25) is 5.91 Å². The molecule has 0 rings (SSSR count). The topological polar surface area (TPSA) is 47.6 Å². The molecule has 1 N–H and O–H groups in total. The number of amides is 1. The van der Waals surface area contributed by atoms with Gasteiger partial charge in [-0.05, 0) is 25.2 Å². The van der Waals surface area contributed by atoms with Crippen LogP contribution in [0.3, 0.4) is 0 Å². The number of halogens is 3. The van der Waals surface area contributed by atoms with E-state index in [0.29, 0.717) is 19.4 Å². The van der Waals surface area contributed by atoms with Crippen LogP contribution in [0, 0.1) is 11.8 Å². The zero-order valence-corrected chi connectivity index (χ0v) is 15.0. The number of carbonyl (C=O) groups is 1. The van der Waals surface area contributed by atoms with Gasteiger partial charge < -0.3 is 10.1 Å². The molecule has 0 aliphatic heterocycles. The standard InChI is InChI=1S/C17H30F3NO3/c1-6-9-14(12(4)13(5)24-17(18,19)20)15(7-2)23-11-10-21-16(22)8-3/h7,12-15H,2,6,8-11H2,1,3-5H3,(H,21,22)/t12-,13?,14+,15?/m0/s1. The lowest BCUT2D eigenvalue weighted by atomic mass is 9.82.